The molecule has 3 heterocycles. The van der Waals surface area contributed by atoms with Gasteiger partial charge in [0.05, 0.1) is 11.3 Å². The maximum Gasteiger partial charge on any atom is 0.416 e. The van der Waals surface area contributed by atoms with Crippen molar-refractivity contribution in [2.45, 2.75) is 51.0 Å². The largest absolute Gasteiger partial charge is 0.416 e. The molecule has 3 nitrogen and oxygen atoms in total. The molecule has 2 atom stereocenters. The molecular formula is C18H18F3N3. The molecule has 6 heteroatoms. The summed E-state index contributed by atoms with van der Waals surface area (Å²) in [6.07, 6.45) is 0.284. The number of aromatic nitrogens is 2. The van der Waals surface area contributed by atoms with Gasteiger partial charge in [-0.15, -0.1) is 0 Å². The van der Waals surface area contributed by atoms with Crippen LogP contribution in [0.1, 0.15) is 47.1 Å². The molecule has 24 heavy (non-hydrogen) atoms. The van der Waals surface area contributed by atoms with E-state index in [4.69, 9.17) is 0 Å². The molecule has 0 N–H and O–H groups in total. The predicted octanol–water partition coefficient (Wildman–Crippen LogP) is 4.07. The molecule has 2 aliphatic rings. The minimum absolute atomic E-state index is 0.126. The van der Waals surface area contributed by atoms with E-state index in [-0.39, 0.29) is 12.1 Å². The van der Waals surface area contributed by atoms with Crippen molar-refractivity contribution >= 4 is 0 Å². The molecule has 1 fully saturated rings. The van der Waals surface area contributed by atoms with Crippen molar-refractivity contribution in [1.82, 2.24) is 14.9 Å². The number of benzene rings is 1. The van der Waals surface area contributed by atoms with Crippen LogP contribution in [0, 0.1) is 6.92 Å². The van der Waals surface area contributed by atoms with Crippen LogP contribution in [0.3, 0.4) is 0 Å². The second-order valence-electron chi connectivity index (χ2n) is 6.60. The highest BCUT2D eigenvalue weighted by Crippen LogP contribution is 2.44. The van der Waals surface area contributed by atoms with Crippen molar-refractivity contribution < 1.29 is 13.2 Å². The summed E-state index contributed by atoms with van der Waals surface area (Å²) in [5.41, 5.74) is 1.96. The average Bonchev–Trinajstić information content (AvgIpc) is 2.80. The lowest BCUT2D eigenvalue weighted by Crippen LogP contribution is -2.38. The van der Waals surface area contributed by atoms with E-state index in [0.29, 0.717) is 12.1 Å². The van der Waals surface area contributed by atoms with Gasteiger partial charge in [0.15, 0.2) is 0 Å². The molecular weight excluding hydrogens is 315 g/mol. The number of fused-ring (bicyclic) bond motifs is 4. The van der Waals surface area contributed by atoms with Crippen LogP contribution >= 0.6 is 0 Å². The molecule has 0 unspecified atom stereocenters. The lowest BCUT2D eigenvalue weighted by molar-refractivity contribution is -0.138. The molecule has 0 radical (unpaired) electrons. The molecule has 2 bridgehead atoms. The van der Waals surface area contributed by atoms with Crippen LogP contribution in [0.4, 0.5) is 13.2 Å². The minimum Gasteiger partial charge on any atom is -0.289 e. The van der Waals surface area contributed by atoms with Crippen LogP contribution in [0.2, 0.25) is 0 Å². The molecule has 0 aliphatic carbocycles. The quantitative estimate of drug-likeness (QED) is 0.830. The Labute approximate surface area is 138 Å². The summed E-state index contributed by atoms with van der Waals surface area (Å²) >= 11 is 0. The number of hydrogen-bond acceptors (Lipinski definition) is 3. The Kier molecular flexibility index (Phi) is 3.60. The highest BCUT2D eigenvalue weighted by molar-refractivity contribution is 5.32. The molecule has 1 aromatic heterocycles. The standard InChI is InChI=1S/C18H18F3N3/c1-11-22-9-14-16(23-11)8-13-6-7-17(14)24(13)10-12-4-2-3-5-15(12)18(19,20)21/h2-5,9,13,17H,6-8,10H2,1H3/t13-,17+/m0/s1. The molecule has 0 spiro atoms. The fraction of sp³-hybridized carbons (Fsp3) is 0.444. The van der Waals surface area contributed by atoms with Crippen molar-refractivity contribution in [2.75, 3.05) is 0 Å². The molecule has 126 valence electrons. The monoisotopic (exact) mass is 333 g/mol. The molecule has 1 aromatic carbocycles. The van der Waals surface area contributed by atoms with Gasteiger partial charge in [-0.25, -0.2) is 9.97 Å². The number of nitrogens with zero attached hydrogens (tertiary/aromatic N) is 3. The summed E-state index contributed by atoms with van der Waals surface area (Å²) < 4.78 is 39.8. The summed E-state index contributed by atoms with van der Waals surface area (Å²) in [6.45, 7) is 2.19. The van der Waals surface area contributed by atoms with Crippen molar-refractivity contribution in [3.63, 3.8) is 0 Å². The number of halogens is 3. The van der Waals surface area contributed by atoms with Gasteiger partial charge in [0.1, 0.15) is 5.82 Å². The van der Waals surface area contributed by atoms with Gasteiger partial charge in [0.2, 0.25) is 0 Å². The summed E-state index contributed by atoms with van der Waals surface area (Å²) in [4.78, 5) is 11.0. The number of rotatable bonds is 2. The van der Waals surface area contributed by atoms with Gasteiger partial charge in [-0.2, -0.15) is 13.2 Å². The minimum atomic E-state index is -4.32. The Morgan fingerprint density at radius 3 is 2.79 bits per heavy atom. The van der Waals surface area contributed by atoms with E-state index in [2.05, 4.69) is 14.9 Å². The van der Waals surface area contributed by atoms with Gasteiger partial charge in [-0.1, -0.05) is 18.2 Å². The maximum atomic E-state index is 13.3. The SMILES string of the molecule is Cc1ncc2c(n1)C[C@@H]1CC[C@H]2N1Cc1ccccc1C(F)(F)F. The van der Waals surface area contributed by atoms with Crippen LogP contribution in [-0.2, 0) is 19.1 Å². The second kappa shape index (κ2) is 5.55. The van der Waals surface area contributed by atoms with Crippen molar-refractivity contribution in [1.29, 1.82) is 0 Å². The van der Waals surface area contributed by atoms with E-state index >= 15 is 0 Å². The smallest absolute Gasteiger partial charge is 0.289 e. The van der Waals surface area contributed by atoms with Gasteiger partial charge < -0.3 is 0 Å². The second-order valence-corrected chi connectivity index (χ2v) is 6.60. The van der Waals surface area contributed by atoms with E-state index in [1.165, 1.54) is 12.1 Å². The average molecular weight is 333 g/mol. The maximum absolute atomic E-state index is 13.3. The van der Waals surface area contributed by atoms with Crippen LogP contribution < -0.4 is 0 Å². The van der Waals surface area contributed by atoms with Gasteiger partial charge >= 0.3 is 6.18 Å². The third-order valence-corrected chi connectivity index (χ3v) is 5.13. The highest BCUT2D eigenvalue weighted by Gasteiger charge is 2.42. The third kappa shape index (κ3) is 2.59. The molecule has 1 saturated heterocycles. The fourth-order valence-corrected chi connectivity index (χ4v) is 4.05. The first kappa shape index (κ1) is 15.6. The lowest BCUT2D eigenvalue weighted by atomic mass is 9.97. The van der Waals surface area contributed by atoms with Crippen molar-refractivity contribution in [3.05, 3.63) is 58.7 Å². The van der Waals surface area contributed by atoms with Crippen LogP contribution in [0.15, 0.2) is 30.5 Å². The van der Waals surface area contributed by atoms with E-state index in [0.717, 1.165) is 36.3 Å². The summed E-state index contributed by atoms with van der Waals surface area (Å²) in [7, 11) is 0. The summed E-state index contributed by atoms with van der Waals surface area (Å²) in [5, 5.41) is 0. The van der Waals surface area contributed by atoms with Crippen LogP contribution in [-0.4, -0.2) is 20.9 Å². The van der Waals surface area contributed by atoms with Gasteiger partial charge in [-0.3, -0.25) is 4.90 Å². The van der Waals surface area contributed by atoms with Crippen LogP contribution in [0.25, 0.3) is 0 Å². The van der Waals surface area contributed by atoms with Gasteiger partial charge in [-0.05, 0) is 31.4 Å². The number of hydrogen-bond donors (Lipinski definition) is 0. The Bertz CT molecular complexity index is 772. The zero-order chi connectivity index (χ0) is 16.9. The Morgan fingerprint density at radius 1 is 1.21 bits per heavy atom. The predicted molar refractivity (Wildman–Crippen MR) is 83.2 cm³/mol. The molecule has 4 rings (SSSR count). The molecule has 2 aromatic rings. The first-order chi connectivity index (χ1) is 11.4. The van der Waals surface area contributed by atoms with Gasteiger partial charge in [0.25, 0.3) is 0 Å². The first-order valence-electron chi connectivity index (χ1n) is 8.17. The lowest BCUT2D eigenvalue weighted by Gasteiger charge is -2.36. The van der Waals surface area contributed by atoms with E-state index in [9.17, 15) is 13.2 Å². The Hall–Kier alpha value is -1.95. The highest BCUT2D eigenvalue weighted by atomic mass is 19.4. The van der Waals surface area contributed by atoms with E-state index < -0.39 is 11.7 Å². The first-order valence-corrected chi connectivity index (χ1v) is 8.17. The number of aryl methyl sites for hydroxylation is 1. The zero-order valence-corrected chi connectivity index (χ0v) is 13.3. The topological polar surface area (TPSA) is 29.0 Å². The molecule has 0 saturated carbocycles. The zero-order valence-electron chi connectivity index (χ0n) is 13.3. The molecule has 0 amide bonds. The Morgan fingerprint density at radius 2 is 2.00 bits per heavy atom. The fourth-order valence-electron chi connectivity index (χ4n) is 4.05. The Balaban J connectivity index is 1.67. The molecule has 2 aliphatic heterocycles. The van der Waals surface area contributed by atoms with Crippen molar-refractivity contribution in [3.8, 4) is 0 Å². The van der Waals surface area contributed by atoms with E-state index in [1.807, 2.05) is 13.1 Å². The summed E-state index contributed by atoms with van der Waals surface area (Å²) in [5.74, 6) is 0.754. The van der Waals surface area contributed by atoms with Crippen LogP contribution in [0.5, 0.6) is 0 Å². The normalized spacial score (nSPS) is 23.3. The van der Waals surface area contributed by atoms with Gasteiger partial charge in [0, 0.05) is 36.8 Å². The summed E-state index contributed by atoms with van der Waals surface area (Å²) in [6, 6.07) is 6.27. The van der Waals surface area contributed by atoms with E-state index in [1.54, 1.807) is 12.1 Å². The third-order valence-electron chi connectivity index (χ3n) is 5.13. The van der Waals surface area contributed by atoms with Crippen molar-refractivity contribution in [2.24, 2.45) is 0 Å². The number of alkyl halides is 3.